The number of nitrogens with one attached hydrogen (secondary N) is 2. The maximum Gasteiger partial charge on any atom is 0.191 e. The zero-order valence-electron chi connectivity index (χ0n) is 19.0. The molecule has 31 heavy (non-hydrogen) atoms. The molecular formula is C25H37N5O. The van der Waals surface area contributed by atoms with Crippen LogP contribution in [0.5, 0.6) is 5.75 Å². The second-order valence-corrected chi connectivity index (χ2v) is 7.76. The van der Waals surface area contributed by atoms with E-state index in [4.69, 9.17) is 4.74 Å². The van der Waals surface area contributed by atoms with Gasteiger partial charge in [-0.15, -0.1) is 0 Å². The standard InChI is InChI=1S/C25H37N5O/c1-3-31-24-14-8-7-11-22(24)21-28-25(26-2)27-15-9-10-16-29-17-19-30(20-18-29)23-12-5-4-6-13-23/h4-8,11-14H,3,9-10,15-21H2,1-2H3,(H2,26,27,28). The van der Waals surface area contributed by atoms with Crippen LogP contribution in [0, 0.1) is 0 Å². The van der Waals surface area contributed by atoms with Gasteiger partial charge in [-0.3, -0.25) is 9.89 Å². The average Bonchev–Trinajstić information content (AvgIpc) is 2.83. The van der Waals surface area contributed by atoms with E-state index >= 15 is 0 Å². The molecule has 0 saturated carbocycles. The lowest BCUT2D eigenvalue weighted by Gasteiger charge is -2.36. The summed E-state index contributed by atoms with van der Waals surface area (Å²) < 4.78 is 5.70. The molecule has 3 rings (SSSR count). The number of unbranched alkanes of at least 4 members (excludes halogenated alkanes) is 1. The molecule has 1 aliphatic rings. The molecule has 1 aliphatic heterocycles. The summed E-state index contributed by atoms with van der Waals surface area (Å²) in [7, 11) is 1.82. The summed E-state index contributed by atoms with van der Waals surface area (Å²) in [6, 6.07) is 18.9. The van der Waals surface area contributed by atoms with E-state index in [1.54, 1.807) is 0 Å². The van der Waals surface area contributed by atoms with E-state index in [1.165, 1.54) is 12.1 Å². The molecule has 6 nitrogen and oxygen atoms in total. The Hall–Kier alpha value is -2.73. The quantitative estimate of drug-likeness (QED) is 0.349. The van der Waals surface area contributed by atoms with E-state index in [-0.39, 0.29) is 0 Å². The highest BCUT2D eigenvalue weighted by molar-refractivity contribution is 5.79. The summed E-state index contributed by atoms with van der Waals surface area (Å²) in [4.78, 5) is 9.41. The fraction of sp³-hybridized carbons (Fsp3) is 0.480. The van der Waals surface area contributed by atoms with E-state index in [0.717, 1.165) is 63.0 Å². The van der Waals surface area contributed by atoms with Crippen LogP contribution in [0.2, 0.25) is 0 Å². The van der Waals surface area contributed by atoms with Crippen molar-refractivity contribution >= 4 is 11.6 Å². The van der Waals surface area contributed by atoms with Gasteiger partial charge in [-0.25, -0.2) is 0 Å². The number of rotatable bonds is 10. The minimum Gasteiger partial charge on any atom is -0.494 e. The van der Waals surface area contributed by atoms with Crippen LogP contribution in [0.3, 0.4) is 0 Å². The summed E-state index contributed by atoms with van der Waals surface area (Å²) >= 11 is 0. The summed E-state index contributed by atoms with van der Waals surface area (Å²) in [5.41, 5.74) is 2.48. The van der Waals surface area contributed by atoms with Gasteiger partial charge in [0.05, 0.1) is 6.61 Å². The summed E-state index contributed by atoms with van der Waals surface area (Å²) in [6.07, 6.45) is 2.33. The highest BCUT2D eigenvalue weighted by atomic mass is 16.5. The first-order chi connectivity index (χ1) is 15.3. The van der Waals surface area contributed by atoms with Gasteiger partial charge >= 0.3 is 0 Å². The molecule has 0 radical (unpaired) electrons. The monoisotopic (exact) mass is 423 g/mol. The van der Waals surface area contributed by atoms with Crippen LogP contribution in [0.25, 0.3) is 0 Å². The van der Waals surface area contributed by atoms with Gasteiger partial charge in [-0.2, -0.15) is 0 Å². The molecule has 2 aromatic rings. The van der Waals surface area contributed by atoms with E-state index in [9.17, 15) is 0 Å². The highest BCUT2D eigenvalue weighted by Gasteiger charge is 2.16. The minimum atomic E-state index is 0.672. The summed E-state index contributed by atoms with van der Waals surface area (Å²) in [6.45, 7) is 9.98. The lowest BCUT2D eigenvalue weighted by Crippen LogP contribution is -2.46. The zero-order chi connectivity index (χ0) is 21.7. The molecule has 0 aliphatic carbocycles. The number of hydrogen-bond acceptors (Lipinski definition) is 4. The minimum absolute atomic E-state index is 0.672. The van der Waals surface area contributed by atoms with Crippen molar-refractivity contribution in [1.29, 1.82) is 0 Å². The molecule has 168 valence electrons. The third-order valence-electron chi connectivity index (χ3n) is 5.63. The Morgan fingerprint density at radius 1 is 0.935 bits per heavy atom. The Morgan fingerprint density at radius 2 is 1.68 bits per heavy atom. The second-order valence-electron chi connectivity index (χ2n) is 7.76. The molecule has 1 heterocycles. The number of benzene rings is 2. The molecule has 0 aromatic heterocycles. The van der Waals surface area contributed by atoms with Gasteiger partial charge < -0.3 is 20.3 Å². The van der Waals surface area contributed by atoms with Crippen molar-refractivity contribution in [1.82, 2.24) is 15.5 Å². The first kappa shape index (κ1) is 22.9. The predicted octanol–water partition coefficient (Wildman–Crippen LogP) is 3.35. The Kier molecular flexibility index (Phi) is 9.51. The molecular weight excluding hydrogens is 386 g/mol. The van der Waals surface area contributed by atoms with Crippen LogP contribution in [0.15, 0.2) is 59.6 Å². The fourth-order valence-corrected chi connectivity index (χ4v) is 3.88. The molecule has 6 heteroatoms. The van der Waals surface area contributed by atoms with E-state index < -0.39 is 0 Å². The smallest absolute Gasteiger partial charge is 0.191 e. The van der Waals surface area contributed by atoms with Gasteiger partial charge in [0.15, 0.2) is 5.96 Å². The van der Waals surface area contributed by atoms with Gasteiger partial charge in [-0.1, -0.05) is 36.4 Å². The molecule has 0 bridgehead atoms. The number of anilines is 1. The maximum atomic E-state index is 5.70. The Bertz CT molecular complexity index is 788. The Labute approximate surface area is 187 Å². The SMILES string of the molecule is CCOc1ccccc1CNC(=NC)NCCCCN1CCN(c2ccccc2)CC1. The normalized spacial score (nSPS) is 15.0. The van der Waals surface area contributed by atoms with Crippen molar-refractivity contribution in [3.8, 4) is 5.75 Å². The van der Waals surface area contributed by atoms with Crippen LogP contribution in [0.1, 0.15) is 25.3 Å². The van der Waals surface area contributed by atoms with Crippen LogP contribution < -0.4 is 20.3 Å². The number of piperazine rings is 1. The highest BCUT2D eigenvalue weighted by Crippen LogP contribution is 2.17. The van der Waals surface area contributed by atoms with E-state index in [1.807, 2.05) is 32.2 Å². The van der Waals surface area contributed by atoms with Crippen molar-refractivity contribution in [2.75, 3.05) is 57.8 Å². The number of nitrogens with zero attached hydrogens (tertiary/aromatic N) is 3. The number of aliphatic imine (C=N–C) groups is 1. The third kappa shape index (κ3) is 7.47. The number of ether oxygens (including phenoxy) is 1. The summed E-state index contributed by atoms with van der Waals surface area (Å²) in [5, 5.41) is 6.82. The lowest BCUT2D eigenvalue weighted by atomic mass is 10.2. The summed E-state index contributed by atoms with van der Waals surface area (Å²) in [5.74, 6) is 1.77. The number of guanidine groups is 1. The van der Waals surface area contributed by atoms with Crippen LogP contribution in [-0.2, 0) is 6.54 Å². The molecule has 0 amide bonds. The van der Waals surface area contributed by atoms with Gasteiger partial charge in [0, 0.05) is 57.6 Å². The molecule has 0 unspecified atom stereocenters. The third-order valence-corrected chi connectivity index (χ3v) is 5.63. The maximum absolute atomic E-state index is 5.70. The first-order valence-corrected chi connectivity index (χ1v) is 11.5. The van der Waals surface area contributed by atoms with Crippen molar-refractivity contribution in [3.05, 3.63) is 60.2 Å². The molecule has 1 saturated heterocycles. The van der Waals surface area contributed by atoms with Gasteiger partial charge in [0.1, 0.15) is 5.75 Å². The first-order valence-electron chi connectivity index (χ1n) is 11.5. The van der Waals surface area contributed by atoms with Crippen molar-refractivity contribution in [2.24, 2.45) is 4.99 Å². The lowest BCUT2D eigenvalue weighted by molar-refractivity contribution is 0.253. The molecule has 0 atom stereocenters. The number of hydrogen-bond donors (Lipinski definition) is 2. The largest absolute Gasteiger partial charge is 0.494 e. The van der Waals surface area contributed by atoms with E-state index in [2.05, 4.69) is 61.8 Å². The number of para-hydroxylation sites is 2. The van der Waals surface area contributed by atoms with Gasteiger partial charge in [0.2, 0.25) is 0 Å². The van der Waals surface area contributed by atoms with Crippen LogP contribution in [-0.4, -0.2) is 63.8 Å². The second kappa shape index (κ2) is 12.8. The van der Waals surface area contributed by atoms with Crippen molar-refractivity contribution in [3.63, 3.8) is 0 Å². The molecule has 1 fully saturated rings. The van der Waals surface area contributed by atoms with Crippen molar-refractivity contribution in [2.45, 2.75) is 26.3 Å². The van der Waals surface area contributed by atoms with Crippen LogP contribution in [0.4, 0.5) is 5.69 Å². The topological polar surface area (TPSA) is 52.1 Å². The molecule has 2 N–H and O–H groups in total. The molecule has 2 aromatic carbocycles. The Balaban J connectivity index is 1.29. The predicted molar refractivity (Wildman–Crippen MR) is 130 cm³/mol. The zero-order valence-corrected chi connectivity index (χ0v) is 19.0. The van der Waals surface area contributed by atoms with Gasteiger partial charge in [-0.05, 0) is 44.5 Å². The van der Waals surface area contributed by atoms with Gasteiger partial charge in [0.25, 0.3) is 0 Å². The van der Waals surface area contributed by atoms with Crippen LogP contribution >= 0.6 is 0 Å². The van der Waals surface area contributed by atoms with Crippen molar-refractivity contribution < 1.29 is 4.74 Å². The van der Waals surface area contributed by atoms with E-state index in [0.29, 0.717) is 13.2 Å². The fourth-order valence-electron chi connectivity index (χ4n) is 3.88. The Morgan fingerprint density at radius 3 is 2.42 bits per heavy atom. The molecule has 0 spiro atoms. The average molecular weight is 424 g/mol.